The highest BCUT2D eigenvalue weighted by Crippen LogP contribution is 2.64. The van der Waals surface area contributed by atoms with Gasteiger partial charge in [0.25, 0.3) is 6.71 Å². The van der Waals surface area contributed by atoms with Crippen LogP contribution in [0.25, 0.3) is 43.5 Å². The van der Waals surface area contributed by atoms with Gasteiger partial charge in [-0.15, -0.1) is 11.3 Å². The molecule has 0 saturated heterocycles. The summed E-state index contributed by atoms with van der Waals surface area (Å²) in [5, 5.41) is 1.31. The Balaban J connectivity index is 1.10. The Labute approximate surface area is 486 Å². The van der Waals surface area contributed by atoms with Crippen LogP contribution in [0.2, 0.25) is 0 Å². The first kappa shape index (κ1) is 51.7. The second kappa shape index (κ2) is 17.6. The van der Waals surface area contributed by atoms with Crippen molar-refractivity contribution in [1.82, 2.24) is 0 Å². The Kier molecular flexibility index (Phi) is 11.2. The highest BCUT2D eigenvalue weighted by molar-refractivity contribution is 7.33. The van der Waals surface area contributed by atoms with Gasteiger partial charge < -0.3 is 9.80 Å². The molecular formula is C77H75BN2S. The van der Waals surface area contributed by atoms with Gasteiger partial charge in [-0.25, -0.2) is 0 Å². The average Bonchev–Trinajstić information content (AvgIpc) is 2.94. The normalized spacial score (nSPS) is 14.7. The van der Waals surface area contributed by atoms with Gasteiger partial charge >= 0.3 is 0 Å². The fourth-order valence-electron chi connectivity index (χ4n) is 14.6. The quantitative estimate of drug-likeness (QED) is 0.162. The summed E-state index contributed by atoms with van der Waals surface area (Å²) in [5.41, 5.74) is 31.0. The predicted octanol–water partition coefficient (Wildman–Crippen LogP) is 19.6. The predicted molar refractivity (Wildman–Crippen MR) is 351 cm³/mol. The molecule has 0 N–H and O–H groups in total. The first-order chi connectivity index (χ1) is 38.4. The molecule has 1 aromatic heterocycles. The second-order valence-corrected chi connectivity index (χ2v) is 29.5. The van der Waals surface area contributed by atoms with Crippen molar-refractivity contribution in [2.45, 2.75) is 137 Å². The molecule has 0 unspecified atom stereocenters. The smallest absolute Gasteiger partial charge is 0.264 e. The number of benzene rings is 9. The van der Waals surface area contributed by atoms with E-state index in [9.17, 15) is 0 Å². The van der Waals surface area contributed by atoms with Crippen LogP contribution in [0.15, 0.2) is 176 Å². The lowest BCUT2D eigenvalue weighted by molar-refractivity contribution is 0.572. The summed E-state index contributed by atoms with van der Waals surface area (Å²) in [7, 11) is 0. The minimum Gasteiger partial charge on any atom is -0.311 e. The highest BCUT2D eigenvalue weighted by atomic mass is 32.1. The number of nitrogens with zero attached hydrogens (tertiary/aromatic N) is 2. The monoisotopic (exact) mass is 1070 g/mol. The van der Waals surface area contributed by atoms with Crippen LogP contribution in [0.5, 0.6) is 0 Å². The van der Waals surface area contributed by atoms with Gasteiger partial charge in [0, 0.05) is 43.3 Å². The lowest BCUT2D eigenvalue weighted by Gasteiger charge is -2.43. The van der Waals surface area contributed by atoms with Crippen molar-refractivity contribution >= 4 is 78.0 Å². The number of rotatable bonds is 4. The van der Waals surface area contributed by atoms with Gasteiger partial charge in [-0.3, -0.25) is 0 Å². The maximum Gasteiger partial charge on any atom is 0.264 e. The van der Waals surface area contributed by atoms with Gasteiger partial charge in [0.2, 0.25) is 0 Å². The van der Waals surface area contributed by atoms with Crippen molar-refractivity contribution in [3.63, 3.8) is 0 Å². The van der Waals surface area contributed by atoms with Crippen LogP contribution in [0.3, 0.4) is 0 Å². The molecule has 4 aliphatic rings. The summed E-state index contributed by atoms with van der Waals surface area (Å²) in [6.07, 6.45) is 0. The fraction of sp³-hybridized carbons (Fsp3) is 0.273. The zero-order valence-electron chi connectivity index (χ0n) is 50.2. The average molecular weight is 1070 g/mol. The Hall–Kier alpha value is -7.40. The van der Waals surface area contributed by atoms with Crippen molar-refractivity contribution in [2.24, 2.45) is 0 Å². The third-order valence-corrected chi connectivity index (χ3v) is 19.9. The fourth-order valence-corrected chi connectivity index (χ4v) is 16.0. The number of fused-ring (bicyclic) bond motifs is 16. The number of hydrogen-bond acceptors (Lipinski definition) is 3. The van der Waals surface area contributed by atoms with E-state index < -0.39 is 5.41 Å². The van der Waals surface area contributed by atoms with Gasteiger partial charge in [0.1, 0.15) is 0 Å². The van der Waals surface area contributed by atoms with Crippen LogP contribution in [-0.2, 0) is 27.1 Å². The van der Waals surface area contributed by atoms with Crippen LogP contribution < -0.4 is 25.5 Å². The Morgan fingerprint density at radius 1 is 0.457 bits per heavy atom. The maximum atomic E-state index is 2.67. The maximum absolute atomic E-state index is 2.67. The molecule has 10 aromatic rings. The summed E-state index contributed by atoms with van der Waals surface area (Å²) in [4.78, 5) is 5.29. The zero-order chi connectivity index (χ0) is 56.6. The molecule has 9 aromatic carbocycles. The van der Waals surface area contributed by atoms with E-state index in [1.807, 2.05) is 11.3 Å². The van der Waals surface area contributed by atoms with E-state index in [1.165, 1.54) is 149 Å². The van der Waals surface area contributed by atoms with Crippen LogP contribution >= 0.6 is 11.3 Å². The van der Waals surface area contributed by atoms with Crippen molar-refractivity contribution in [3.05, 3.63) is 232 Å². The lowest BCUT2D eigenvalue weighted by atomic mass is 9.36. The third kappa shape index (κ3) is 7.57. The van der Waals surface area contributed by atoms with Crippen molar-refractivity contribution < 1.29 is 0 Å². The molecule has 2 aliphatic carbocycles. The molecule has 4 heteroatoms. The van der Waals surface area contributed by atoms with E-state index in [-0.39, 0.29) is 28.4 Å². The third-order valence-electron chi connectivity index (χ3n) is 18.7. The Morgan fingerprint density at radius 2 is 1.00 bits per heavy atom. The number of hydrogen-bond donors (Lipinski definition) is 0. The van der Waals surface area contributed by atoms with Gasteiger partial charge in [0.15, 0.2) is 0 Å². The van der Waals surface area contributed by atoms with Gasteiger partial charge in [-0.05, 0) is 189 Å². The first-order valence-corrected chi connectivity index (χ1v) is 30.5. The van der Waals surface area contributed by atoms with Crippen LogP contribution in [0, 0.1) is 6.92 Å². The molecule has 2 aliphatic heterocycles. The lowest BCUT2D eigenvalue weighted by Crippen LogP contribution is -2.60. The highest BCUT2D eigenvalue weighted by Gasteiger charge is 2.53. The summed E-state index contributed by atoms with van der Waals surface area (Å²) in [6, 6.07) is 69.8. The van der Waals surface area contributed by atoms with Crippen LogP contribution in [0.1, 0.15) is 158 Å². The molecule has 0 bridgehead atoms. The summed E-state index contributed by atoms with van der Waals surface area (Å²) >= 11 is 2.02. The molecule has 0 radical (unpaired) electrons. The molecule has 1 spiro atoms. The van der Waals surface area contributed by atoms with Crippen LogP contribution in [-0.4, -0.2) is 6.71 Å². The number of anilines is 6. The Bertz CT molecular complexity index is 4180. The molecule has 0 amide bonds. The van der Waals surface area contributed by atoms with E-state index in [1.54, 1.807) is 0 Å². The molecule has 0 fully saturated rings. The standard InChI is InChI=1S/C77H75BN2S/c1-45(2)47-27-33-51(34-28-47)79-65-41-48(69-60(75(10,11)12)25-20-26-61(69)76(13,14)15)29-38-64(65)78-70-66(79)39-46(3)40-67(70)80(52-35-30-49(31-36-52)73(4,5)6)71-57-43-56-55-37-32-50(74(7,8)9)42-62(55)77(63(56)44-68(57)81-72(71)78)58-23-18-16-21-53(58)54-22-17-19-24-59(54)77/h16-45H,1-15H3. The number of thiophene rings is 1. The summed E-state index contributed by atoms with van der Waals surface area (Å²) in [5.74, 6) is 0.425. The zero-order valence-corrected chi connectivity index (χ0v) is 51.0. The van der Waals surface area contributed by atoms with Crippen molar-refractivity contribution in [3.8, 4) is 33.4 Å². The van der Waals surface area contributed by atoms with Gasteiger partial charge in [-0.2, -0.15) is 0 Å². The minimum absolute atomic E-state index is 0.0116. The SMILES string of the molecule is Cc1cc2c3c(c1)N(c1ccc(C(C)(C)C)cc1)c1c(sc4cc5c(cc14)-c1ccc(C(C)(C)C)cc1C51c4ccccc4-c4ccccc41)B3c1ccc(-c3c(C(C)(C)C)cccc3C(C)(C)C)cc1N2c1ccc(C(C)C)cc1. The van der Waals surface area contributed by atoms with E-state index in [4.69, 9.17) is 0 Å². The van der Waals surface area contributed by atoms with Gasteiger partial charge in [-0.1, -0.05) is 218 Å². The van der Waals surface area contributed by atoms with Crippen LogP contribution in [0.4, 0.5) is 34.1 Å². The molecule has 402 valence electrons. The van der Waals surface area contributed by atoms with E-state index in [0.717, 1.165) is 0 Å². The molecule has 0 saturated carbocycles. The van der Waals surface area contributed by atoms with Crippen molar-refractivity contribution in [1.29, 1.82) is 0 Å². The van der Waals surface area contributed by atoms with Gasteiger partial charge in [0.05, 0.1) is 11.1 Å². The molecule has 3 heterocycles. The van der Waals surface area contributed by atoms with Crippen molar-refractivity contribution in [2.75, 3.05) is 9.80 Å². The molecule has 0 atom stereocenters. The molecule has 81 heavy (non-hydrogen) atoms. The summed E-state index contributed by atoms with van der Waals surface area (Å²) < 4.78 is 2.72. The number of aryl methyl sites for hydroxylation is 1. The molecular weight excluding hydrogens is 996 g/mol. The Morgan fingerprint density at radius 3 is 1.59 bits per heavy atom. The first-order valence-electron chi connectivity index (χ1n) is 29.6. The topological polar surface area (TPSA) is 6.48 Å². The minimum atomic E-state index is -0.470. The largest absolute Gasteiger partial charge is 0.311 e. The van der Waals surface area contributed by atoms with E-state index >= 15 is 0 Å². The molecule has 14 rings (SSSR count). The van der Waals surface area contributed by atoms with E-state index in [2.05, 4.69) is 290 Å². The summed E-state index contributed by atoms with van der Waals surface area (Å²) in [6.45, 7) is 35.1. The molecule has 2 nitrogen and oxygen atoms in total. The second-order valence-electron chi connectivity index (χ2n) is 28.4. The van der Waals surface area contributed by atoms with E-state index in [0.29, 0.717) is 5.92 Å².